The maximum Gasteiger partial charge on any atom is 0.159 e. The third-order valence-corrected chi connectivity index (χ3v) is 4.15. The molecule has 0 heterocycles. The molecular weight excluding hydrogens is 264 g/mol. The third kappa shape index (κ3) is 3.37. The Hall–Kier alpha value is -1.25. The first-order chi connectivity index (χ1) is 8.66. The summed E-state index contributed by atoms with van der Waals surface area (Å²) in [6.45, 7) is 1.54. The number of ketones is 1. The monoisotopic (exact) mass is 276 g/mol. The highest BCUT2D eigenvalue weighted by Crippen LogP contribution is 2.30. The van der Waals surface area contributed by atoms with Crippen LogP contribution in [0, 0.1) is 0 Å². The van der Waals surface area contributed by atoms with E-state index < -0.39 is 0 Å². The number of rotatable bonds is 4. The van der Waals surface area contributed by atoms with Crippen molar-refractivity contribution < 1.29 is 4.79 Å². The van der Waals surface area contributed by atoms with Crippen molar-refractivity contribution in [3.05, 3.63) is 64.7 Å². The summed E-state index contributed by atoms with van der Waals surface area (Å²) in [6.07, 6.45) is 0. The molecule has 0 saturated heterocycles. The Morgan fingerprint density at radius 3 is 2.50 bits per heavy atom. The van der Waals surface area contributed by atoms with E-state index in [1.165, 1.54) is 5.56 Å². The van der Waals surface area contributed by atoms with Gasteiger partial charge in [-0.1, -0.05) is 48.0 Å². The zero-order chi connectivity index (χ0) is 13.0. The Balaban J connectivity index is 2.08. The van der Waals surface area contributed by atoms with Gasteiger partial charge in [0.15, 0.2) is 5.78 Å². The molecule has 2 aromatic carbocycles. The molecule has 0 atom stereocenters. The summed E-state index contributed by atoms with van der Waals surface area (Å²) in [5.41, 5.74) is 1.92. The Morgan fingerprint density at radius 1 is 1.17 bits per heavy atom. The van der Waals surface area contributed by atoms with E-state index in [-0.39, 0.29) is 5.78 Å². The van der Waals surface area contributed by atoms with E-state index in [0.717, 1.165) is 10.6 Å². The first-order valence-corrected chi connectivity index (χ1v) is 7.00. The normalized spacial score (nSPS) is 10.3. The highest BCUT2D eigenvalue weighted by molar-refractivity contribution is 7.98. The minimum absolute atomic E-state index is 0.0384. The average Bonchev–Trinajstić information content (AvgIpc) is 2.38. The fourth-order valence-electron chi connectivity index (χ4n) is 1.57. The lowest BCUT2D eigenvalue weighted by atomic mass is 10.1. The molecule has 2 aromatic rings. The number of carbonyl (C=O) groups is 1. The minimum Gasteiger partial charge on any atom is -0.295 e. The van der Waals surface area contributed by atoms with Gasteiger partial charge in [0.1, 0.15) is 0 Å². The van der Waals surface area contributed by atoms with Crippen LogP contribution in [-0.2, 0) is 5.75 Å². The predicted octanol–water partition coefficient (Wildman–Crippen LogP) is 4.83. The van der Waals surface area contributed by atoms with Gasteiger partial charge in [0.2, 0.25) is 0 Å². The molecule has 0 N–H and O–H groups in total. The maximum absolute atomic E-state index is 11.2. The molecule has 0 bridgehead atoms. The molecule has 0 amide bonds. The van der Waals surface area contributed by atoms with Crippen LogP contribution in [0.2, 0.25) is 5.02 Å². The van der Waals surface area contributed by atoms with Crippen molar-refractivity contribution in [1.29, 1.82) is 0 Å². The Bertz CT molecular complexity index is 552. The zero-order valence-electron chi connectivity index (χ0n) is 10.0. The van der Waals surface area contributed by atoms with Gasteiger partial charge in [-0.25, -0.2) is 0 Å². The van der Waals surface area contributed by atoms with Crippen molar-refractivity contribution in [3.8, 4) is 0 Å². The van der Waals surface area contributed by atoms with Crippen LogP contribution in [0.1, 0.15) is 22.8 Å². The molecule has 92 valence electrons. The van der Waals surface area contributed by atoms with Crippen LogP contribution in [0.5, 0.6) is 0 Å². The molecular formula is C15H13ClOS. The van der Waals surface area contributed by atoms with E-state index in [1.54, 1.807) is 24.8 Å². The molecule has 0 fully saturated rings. The predicted molar refractivity (Wildman–Crippen MR) is 77.5 cm³/mol. The van der Waals surface area contributed by atoms with Gasteiger partial charge in [0.25, 0.3) is 0 Å². The van der Waals surface area contributed by atoms with Crippen LogP contribution < -0.4 is 0 Å². The number of carbonyl (C=O) groups excluding carboxylic acids is 1. The van der Waals surface area contributed by atoms with Gasteiger partial charge in [-0.15, -0.1) is 11.8 Å². The maximum atomic E-state index is 11.2. The lowest BCUT2D eigenvalue weighted by Gasteiger charge is -2.05. The molecule has 3 heteroatoms. The first-order valence-electron chi connectivity index (χ1n) is 5.64. The van der Waals surface area contributed by atoms with Crippen LogP contribution in [0.15, 0.2) is 53.4 Å². The molecule has 0 spiro atoms. The summed E-state index contributed by atoms with van der Waals surface area (Å²) in [7, 11) is 0. The summed E-state index contributed by atoms with van der Waals surface area (Å²) in [5.74, 6) is 0.913. The molecule has 0 unspecified atom stereocenters. The van der Waals surface area contributed by atoms with Crippen molar-refractivity contribution in [3.63, 3.8) is 0 Å². The summed E-state index contributed by atoms with van der Waals surface area (Å²) in [6, 6.07) is 15.7. The molecule has 0 aromatic heterocycles. The molecule has 1 nitrogen and oxygen atoms in total. The van der Waals surface area contributed by atoms with Crippen LogP contribution in [0.4, 0.5) is 0 Å². The molecule has 0 saturated carbocycles. The number of hydrogen-bond donors (Lipinski definition) is 0. The number of hydrogen-bond acceptors (Lipinski definition) is 2. The second kappa shape index (κ2) is 6.07. The van der Waals surface area contributed by atoms with Gasteiger partial charge in [0.05, 0.1) is 5.02 Å². The van der Waals surface area contributed by atoms with Gasteiger partial charge in [-0.2, -0.15) is 0 Å². The van der Waals surface area contributed by atoms with Crippen LogP contribution in [-0.4, -0.2) is 5.78 Å². The summed E-state index contributed by atoms with van der Waals surface area (Å²) < 4.78 is 0. The van der Waals surface area contributed by atoms with Crippen molar-refractivity contribution in [2.75, 3.05) is 0 Å². The lowest BCUT2D eigenvalue weighted by molar-refractivity contribution is 0.101. The van der Waals surface area contributed by atoms with Gasteiger partial charge in [0, 0.05) is 16.2 Å². The largest absolute Gasteiger partial charge is 0.295 e. The van der Waals surface area contributed by atoms with Crippen LogP contribution in [0.25, 0.3) is 0 Å². The standard InChI is InChI=1S/C15H13ClOS/c1-11(17)13-7-8-15(14(16)9-13)18-10-12-5-3-2-4-6-12/h2-9H,10H2,1H3. The fourth-order valence-corrected chi connectivity index (χ4v) is 2.79. The minimum atomic E-state index is 0.0384. The SMILES string of the molecule is CC(=O)c1ccc(SCc2ccccc2)c(Cl)c1. The Labute approximate surface area is 116 Å². The Morgan fingerprint density at radius 2 is 1.89 bits per heavy atom. The third-order valence-electron chi connectivity index (χ3n) is 2.58. The zero-order valence-corrected chi connectivity index (χ0v) is 11.6. The summed E-state index contributed by atoms with van der Waals surface area (Å²) in [4.78, 5) is 12.2. The van der Waals surface area contributed by atoms with E-state index in [2.05, 4.69) is 12.1 Å². The van der Waals surface area contributed by atoms with Crippen molar-refractivity contribution in [1.82, 2.24) is 0 Å². The molecule has 0 aliphatic rings. The highest BCUT2D eigenvalue weighted by Gasteiger charge is 2.05. The van der Waals surface area contributed by atoms with Gasteiger partial charge in [-0.3, -0.25) is 4.79 Å². The summed E-state index contributed by atoms with van der Waals surface area (Å²) >= 11 is 7.84. The van der Waals surface area contributed by atoms with E-state index in [0.29, 0.717) is 10.6 Å². The molecule has 0 aliphatic carbocycles. The first kappa shape index (κ1) is 13.2. The van der Waals surface area contributed by atoms with Crippen molar-refractivity contribution in [2.45, 2.75) is 17.6 Å². The number of Topliss-reactive ketones (excluding diaryl/α,β-unsaturated/α-hetero) is 1. The van der Waals surface area contributed by atoms with E-state index in [4.69, 9.17) is 11.6 Å². The van der Waals surface area contributed by atoms with Crippen molar-refractivity contribution in [2.24, 2.45) is 0 Å². The van der Waals surface area contributed by atoms with Gasteiger partial charge in [-0.05, 0) is 24.6 Å². The second-order valence-corrected chi connectivity index (χ2v) is 5.40. The van der Waals surface area contributed by atoms with E-state index >= 15 is 0 Å². The second-order valence-electron chi connectivity index (χ2n) is 3.98. The van der Waals surface area contributed by atoms with E-state index in [1.807, 2.05) is 30.3 Å². The molecule has 0 radical (unpaired) electrons. The molecule has 0 aliphatic heterocycles. The van der Waals surface area contributed by atoms with Gasteiger partial charge >= 0.3 is 0 Å². The van der Waals surface area contributed by atoms with Crippen LogP contribution in [0.3, 0.4) is 0 Å². The molecule has 18 heavy (non-hydrogen) atoms. The Kier molecular flexibility index (Phi) is 4.45. The number of halogens is 1. The number of thioether (sulfide) groups is 1. The smallest absolute Gasteiger partial charge is 0.159 e. The lowest BCUT2D eigenvalue weighted by Crippen LogP contribution is -1.91. The van der Waals surface area contributed by atoms with Gasteiger partial charge < -0.3 is 0 Å². The topological polar surface area (TPSA) is 17.1 Å². The van der Waals surface area contributed by atoms with Crippen molar-refractivity contribution >= 4 is 29.1 Å². The fraction of sp³-hybridized carbons (Fsp3) is 0.133. The van der Waals surface area contributed by atoms with E-state index in [9.17, 15) is 4.79 Å². The molecule has 2 rings (SSSR count). The van der Waals surface area contributed by atoms with Crippen LogP contribution >= 0.6 is 23.4 Å². The summed E-state index contributed by atoms with van der Waals surface area (Å²) in [5, 5.41) is 0.642. The average molecular weight is 277 g/mol. The quantitative estimate of drug-likeness (QED) is 0.587. The number of benzene rings is 2. The highest BCUT2D eigenvalue weighted by atomic mass is 35.5.